The van der Waals surface area contributed by atoms with Crippen LogP contribution in [-0.4, -0.2) is 45.5 Å². The van der Waals surface area contributed by atoms with E-state index in [1.54, 1.807) is 18.0 Å². The van der Waals surface area contributed by atoms with Gasteiger partial charge in [0.2, 0.25) is 0 Å². The first-order valence-corrected chi connectivity index (χ1v) is 9.08. The number of carbonyl (C=O) groups excluding carboxylic acids is 1. The highest BCUT2D eigenvalue weighted by Gasteiger charge is 2.27. The van der Waals surface area contributed by atoms with Crippen LogP contribution in [0.5, 0.6) is 0 Å². The van der Waals surface area contributed by atoms with Crippen LogP contribution in [-0.2, 0) is 20.2 Å². The number of halogens is 1. The van der Waals surface area contributed by atoms with Crippen LogP contribution in [0.2, 0.25) is 0 Å². The van der Waals surface area contributed by atoms with Crippen LogP contribution in [0.4, 0.5) is 0 Å². The van der Waals surface area contributed by atoms with Gasteiger partial charge in [-0.2, -0.15) is 0 Å². The maximum absolute atomic E-state index is 12.6. The summed E-state index contributed by atoms with van der Waals surface area (Å²) in [4.78, 5) is 14.2. The van der Waals surface area contributed by atoms with Crippen molar-refractivity contribution in [3.63, 3.8) is 0 Å². The van der Waals surface area contributed by atoms with Gasteiger partial charge in [0.15, 0.2) is 0 Å². The Kier molecular flexibility index (Phi) is 4.91. The number of ether oxygens (including phenoxy) is 1. The van der Waals surface area contributed by atoms with Crippen molar-refractivity contribution in [2.45, 2.75) is 30.7 Å². The number of nitrogens with zero attached hydrogens (tertiary/aromatic N) is 1. The van der Waals surface area contributed by atoms with Crippen LogP contribution >= 0.6 is 10.7 Å². The number of carbonyl (C=O) groups is 1. The minimum Gasteiger partial charge on any atom is -0.379 e. The first-order chi connectivity index (χ1) is 9.84. The number of aryl methyl sites for hydroxylation is 1. The molecule has 5 nitrogen and oxygen atoms in total. The van der Waals surface area contributed by atoms with Gasteiger partial charge < -0.3 is 9.64 Å². The molecule has 1 aromatic carbocycles. The van der Waals surface area contributed by atoms with Crippen LogP contribution in [0.25, 0.3) is 0 Å². The van der Waals surface area contributed by atoms with E-state index in [1.165, 1.54) is 12.1 Å². The van der Waals surface area contributed by atoms with Gasteiger partial charge in [0.1, 0.15) is 0 Å². The largest absolute Gasteiger partial charge is 0.379 e. The zero-order valence-electron chi connectivity index (χ0n) is 12.0. The number of amides is 1. The van der Waals surface area contributed by atoms with Gasteiger partial charge in [-0.25, -0.2) is 8.42 Å². The lowest BCUT2D eigenvalue weighted by atomic mass is 10.0. The molecular weight excluding hydrogens is 314 g/mol. The summed E-state index contributed by atoms with van der Waals surface area (Å²) in [5, 5.41) is 0. The van der Waals surface area contributed by atoms with E-state index in [0.29, 0.717) is 25.2 Å². The van der Waals surface area contributed by atoms with Gasteiger partial charge in [-0.05, 0) is 30.5 Å². The molecule has 7 heteroatoms. The van der Waals surface area contributed by atoms with E-state index in [1.807, 2.05) is 6.92 Å². The number of benzene rings is 1. The highest BCUT2D eigenvalue weighted by atomic mass is 35.7. The third-order valence-corrected chi connectivity index (χ3v) is 5.10. The lowest BCUT2D eigenvalue weighted by Crippen LogP contribution is -2.37. The Balaban J connectivity index is 2.38. The average molecular weight is 332 g/mol. The van der Waals surface area contributed by atoms with Crippen LogP contribution < -0.4 is 0 Å². The maximum atomic E-state index is 12.6. The van der Waals surface area contributed by atoms with E-state index in [2.05, 4.69) is 0 Å². The van der Waals surface area contributed by atoms with Gasteiger partial charge in [-0.15, -0.1) is 0 Å². The van der Waals surface area contributed by atoms with Crippen molar-refractivity contribution in [1.82, 2.24) is 4.90 Å². The molecule has 2 rings (SSSR count). The Hall–Kier alpha value is -1.11. The summed E-state index contributed by atoms with van der Waals surface area (Å²) < 4.78 is 28.2. The molecule has 0 spiro atoms. The molecule has 1 atom stereocenters. The van der Waals surface area contributed by atoms with E-state index < -0.39 is 9.05 Å². The molecular formula is C14H18ClNO4S. The maximum Gasteiger partial charge on any atom is 0.261 e. The molecule has 0 aliphatic carbocycles. The molecule has 0 bridgehead atoms. The Bertz CT molecular complexity index is 638. The zero-order valence-corrected chi connectivity index (χ0v) is 13.6. The molecule has 1 unspecified atom stereocenters. The SMILES string of the molecule is CCc1ccc(S(=O)(=O)Cl)cc1C(=O)N(C)C1CCOC1. The second-order valence-corrected chi connectivity index (χ2v) is 7.61. The first-order valence-electron chi connectivity index (χ1n) is 6.77. The highest BCUT2D eigenvalue weighted by molar-refractivity contribution is 8.13. The predicted molar refractivity (Wildman–Crippen MR) is 80.2 cm³/mol. The van der Waals surface area contributed by atoms with Gasteiger partial charge in [0.25, 0.3) is 15.0 Å². The molecule has 0 saturated carbocycles. The van der Waals surface area contributed by atoms with Crippen molar-refractivity contribution in [3.8, 4) is 0 Å². The fourth-order valence-electron chi connectivity index (χ4n) is 2.40. The summed E-state index contributed by atoms with van der Waals surface area (Å²) in [7, 11) is 3.22. The summed E-state index contributed by atoms with van der Waals surface area (Å²) >= 11 is 0. The van der Waals surface area contributed by atoms with Crippen molar-refractivity contribution in [2.75, 3.05) is 20.3 Å². The number of rotatable bonds is 4. The molecule has 21 heavy (non-hydrogen) atoms. The Labute approximate surface area is 129 Å². The van der Waals surface area contributed by atoms with E-state index in [4.69, 9.17) is 15.4 Å². The number of likely N-dealkylation sites (N-methyl/N-ethyl adjacent to an activating group) is 1. The number of hydrogen-bond acceptors (Lipinski definition) is 4. The molecule has 1 aromatic rings. The second kappa shape index (κ2) is 6.34. The quantitative estimate of drug-likeness (QED) is 0.792. The highest BCUT2D eigenvalue weighted by Crippen LogP contribution is 2.22. The third kappa shape index (κ3) is 3.56. The molecule has 1 heterocycles. The second-order valence-electron chi connectivity index (χ2n) is 5.04. The lowest BCUT2D eigenvalue weighted by molar-refractivity contribution is 0.0710. The fourth-order valence-corrected chi connectivity index (χ4v) is 3.18. The molecule has 0 radical (unpaired) electrons. The van der Waals surface area contributed by atoms with Crippen molar-refractivity contribution >= 4 is 25.6 Å². The molecule has 1 fully saturated rings. The van der Waals surface area contributed by atoms with Gasteiger partial charge in [-0.1, -0.05) is 13.0 Å². The summed E-state index contributed by atoms with van der Waals surface area (Å²) in [6.45, 7) is 3.07. The first kappa shape index (κ1) is 16.3. The summed E-state index contributed by atoms with van der Waals surface area (Å²) in [5.41, 5.74) is 1.18. The Morgan fingerprint density at radius 3 is 2.71 bits per heavy atom. The molecule has 1 aliphatic heterocycles. The molecule has 1 saturated heterocycles. The topological polar surface area (TPSA) is 63.7 Å². The van der Waals surface area contributed by atoms with Gasteiger partial charge >= 0.3 is 0 Å². The van der Waals surface area contributed by atoms with E-state index in [9.17, 15) is 13.2 Å². The van der Waals surface area contributed by atoms with Crippen LogP contribution in [0, 0.1) is 0 Å². The van der Waals surface area contributed by atoms with Crippen molar-refractivity contribution in [2.24, 2.45) is 0 Å². The van der Waals surface area contributed by atoms with Gasteiger partial charge in [0.05, 0.1) is 17.5 Å². The molecule has 116 valence electrons. The van der Waals surface area contributed by atoms with Crippen LogP contribution in [0.1, 0.15) is 29.3 Å². The number of hydrogen-bond donors (Lipinski definition) is 0. The Morgan fingerprint density at radius 2 is 2.19 bits per heavy atom. The summed E-state index contributed by atoms with van der Waals surface area (Å²) in [6, 6.07) is 4.45. The van der Waals surface area contributed by atoms with Crippen LogP contribution in [0.15, 0.2) is 23.1 Å². The molecule has 0 aromatic heterocycles. The molecule has 1 amide bonds. The zero-order chi connectivity index (χ0) is 15.6. The van der Waals surface area contributed by atoms with Gasteiger partial charge in [0, 0.05) is 29.9 Å². The van der Waals surface area contributed by atoms with E-state index >= 15 is 0 Å². The van der Waals surface area contributed by atoms with E-state index in [-0.39, 0.29) is 16.8 Å². The smallest absolute Gasteiger partial charge is 0.261 e. The Morgan fingerprint density at radius 1 is 1.48 bits per heavy atom. The van der Waals surface area contributed by atoms with Crippen molar-refractivity contribution < 1.29 is 17.9 Å². The minimum atomic E-state index is -3.85. The lowest BCUT2D eigenvalue weighted by Gasteiger charge is -2.24. The van der Waals surface area contributed by atoms with Gasteiger partial charge in [-0.3, -0.25) is 4.79 Å². The average Bonchev–Trinajstić information content (AvgIpc) is 2.98. The summed E-state index contributed by atoms with van der Waals surface area (Å²) in [5.74, 6) is -0.204. The standard InChI is InChI=1S/C14H18ClNO4S/c1-3-10-4-5-12(21(15,18)19)8-13(10)14(17)16(2)11-6-7-20-9-11/h4-5,8,11H,3,6-7,9H2,1-2H3. The molecule has 1 aliphatic rings. The third-order valence-electron chi connectivity index (χ3n) is 3.75. The monoisotopic (exact) mass is 331 g/mol. The fraction of sp³-hybridized carbons (Fsp3) is 0.500. The normalized spacial score (nSPS) is 18.7. The minimum absolute atomic E-state index is 0.0264. The predicted octanol–water partition coefficient (Wildman–Crippen LogP) is 2.04. The van der Waals surface area contributed by atoms with Crippen LogP contribution in [0.3, 0.4) is 0 Å². The van der Waals surface area contributed by atoms with E-state index in [0.717, 1.165) is 12.0 Å². The van der Waals surface area contributed by atoms with Crippen molar-refractivity contribution in [3.05, 3.63) is 29.3 Å². The molecule has 0 N–H and O–H groups in total. The summed E-state index contributed by atoms with van der Waals surface area (Å²) in [6.07, 6.45) is 1.43. The van der Waals surface area contributed by atoms with Crippen molar-refractivity contribution in [1.29, 1.82) is 0 Å².